The number of thiocarbonyl (C=S) groups is 1. The number of rotatable bonds is 9. The van der Waals surface area contributed by atoms with Gasteiger partial charge in [-0.2, -0.15) is 0 Å². The number of benzene rings is 2. The minimum atomic E-state index is -0.502. The molecule has 0 bridgehead atoms. The lowest BCUT2D eigenvalue weighted by atomic mass is 9.95. The topological polar surface area (TPSA) is 79.5 Å². The van der Waals surface area contributed by atoms with E-state index in [4.69, 9.17) is 17.0 Å². The zero-order valence-corrected chi connectivity index (χ0v) is 20.1. The van der Waals surface area contributed by atoms with Gasteiger partial charge in [0.25, 0.3) is 5.91 Å². The number of carbonyl (C=O) groups is 2. The highest BCUT2D eigenvalue weighted by Crippen LogP contribution is 2.21. The summed E-state index contributed by atoms with van der Waals surface area (Å²) in [4.78, 5) is 25.0. The first kappa shape index (κ1) is 25.3. The Morgan fingerprint density at radius 2 is 1.62 bits per heavy atom. The van der Waals surface area contributed by atoms with Crippen LogP contribution in [0.25, 0.3) is 0 Å². The van der Waals surface area contributed by atoms with Crippen LogP contribution in [0.5, 0.6) is 5.75 Å². The molecule has 6 nitrogen and oxygen atoms in total. The number of para-hydroxylation sites is 1. The first-order chi connectivity index (χ1) is 15.2. The lowest BCUT2D eigenvalue weighted by molar-refractivity contribution is -0.123. The number of amides is 2. The van der Waals surface area contributed by atoms with Gasteiger partial charge in [0.05, 0.1) is 12.2 Å². The monoisotopic (exact) mass is 455 g/mol. The molecule has 2 aromatic carbocycles. The second-order valence-corrected chi connectivity index (χ2v) is 9.01. The van der Waals surface area contributed by atoms with Gasteiger partial charge in [-0.05, 0) is 49.0 Å². The average Bonchev–Trinajstić information content (AvgIpc) is 2.73. The first-order valence-electron chi connectivity index (χ1n) is 11.0. The molecule has 0 saturated carbocycles. The van der Waals surface area contributed by atoms with Crippen molar-refractivity contribution in [1.82, 2.24) is 5.32 Å². The molecule has 32 heavy (non-hydrogen) atoms. The molecule has 2 rings (SSSR count). The van der Waals surface area contributed by atoms with Gasteiger partial charge in [0.2, 0.25) is 5.91 Å². The third kappa shape index (κ3) is 8.30. The molecule has 0 atom stereocenters. The summed E-state index contributed by atoms with van der Waals surface area (Å²) in [6, 6.07) is 14.3. The molecule has 0 heterocycles. The van der Waals surface area contributed by atoms with Gasteiger partial charge in [-0.25, -0.2) is 0 Å². The predicted molar refractivity (Wildman–Crippen MR) is 134 cm³/mol. The molecular formula is C25H33N3O3S. The first-order valence-corrected chi connectivity index (χ1v) is 11.4. The number of nitrogens with one attached hydrogen (secondary N) is 3. The van der Waals surface area contributed by atoms with Gasteiger partial charge in [-0.15, -0.1) is 0 Å². The van der Waals surface area contributed by atoms with Crippen molar-refractivity contribution in [3.63, 3.8) is 0 Å². The van der Waals surface area contributed by atoms with Gasteiger partial charge in [-0.1, -0.05) is 65.2 Å². The molecule has 0 aliphatic heterocycles. The molecular weight excluding hydrogens is 422 g/mol. The van der Waals surface area contributed by atoms with Crippen LogP contribution in [0.1, 0.15) is 63.7 Å². The van der Waals surface area contributed by atoms with Gasteiger partial charge < -0.3 is 15.4 Å². The van der Waals surface area contributed by atoms with E-state index < -0.39 is 5.41 Å². The maximum atomic E-state index is 12.7. The van der Waals surface area contributed by atoms with E-state index in [1.165, 1.54) is 6.42 Å². The Hall–Kier alpha value is -2.93. The lowest BCUT2D eigenvalue weighted by Crippen LogP contribution is -2.34. The summed E-state index contributed by atoms with van der Waals surface area (Å²) in [5.41, 5.74) is 1.23. The van der Waals surface area contributed by atoms with Crippen LogP contribution in [0.15, 0.2) is 48.5 Å². The third-order valence-electron chi connectivity index (χ3n) is 4.67. The van der Waals surface area contributed by atoms with Gasteiger partial charge >= 0.3 is 0 Å². The SMILES string of the molecule is CCCCCCOc1ccccc1C(=O)NC(=S)Nc1cccc(NC(=O)C(C)(C)C)c1. The standard InChI is InChI=1S/C25H33N3O3S/c1-5-6-7-10-16-31-21-15-9-8-14-20(21)22(29)28-24(32)27-19-13-11-12-18(17-19)26-23(30)25(2,3)4/h8-9,11-15,17H,5-7,10,16H2,1-4H3,(H,26,30)(H2,27,28,29,32). The van der Waals surface area contributed by atoms with E-state index in [2.05, 4.69) is 22.9 Å². The second-order valence-electron chi connectivity index (χ2n) is 8.60. The maximum Gasteiger partial charge on any atom is 0.261 e. The highest BCUT2D eigenvalue weighted by Gasteiger charge is 2.21. The fourth-order valence-corrected chi connectivity index (χ4v) is 3.03. The molecule has 0 aliphatic carbocycles. The third-order valence-corrected chi connectivity index (χ3v) is 4.88. The molecule has 2 amide bonds. The van der Waals surface area contributed by atoms with Crippen LogP contribution < -0.4 is 20.7 Å². The Bertz CT molecular complexity index is 938. The van der Waals surface area contributed by atoms with E-state index in [0.717, 1.165) is 19.3 Å². The van der Waals surface area contributed by atoms with E-state index >= 15 is 0 Å². The Morgan fingerprint density at radius 1 is 0.938 bits per heavy atom. The highest BCUT2D eigenvalue weighted by atomic mass is 32.1. The van der Waals surface area contributed by atoms with Crippen LogP contribution in [0.2, 0.25) is 0 Å². The largest absolute Gasteiger partial charge is 0.493 e. The lowest BCUT2D eigenvalue weighted by Gasteiger charge is -2.18. The van der Waals surface area contributed by atoms with Crippen LogP contribution in [0.3, 0.4) is 0 Å². The summed E-state index contributed by atoms with van der Waals surface area (Å²) in [6.07, 6.45) is 4.39. The maximum absolute atomic E-state index is 12.7. The van der Waals surface area contributed by atoms with Crippen molar-refractivity contribution in [2.24, 2.45) is 5.41 Å². The van der Waals surface area contributed by atoms with Gasteiger partial charge in [0, 0.05) is 16.8 Å². The molecule has 0 unspecified atom stereocenters. The molecule has 3 N–H and O–H groups in total. The Balaban J connectivity index is 1.96. The molecule has 2 aromatic rings. The average molecular weight is 456 g/mol. The van der Waals surface area contributed by atoms with Crippen molar-refractivity contribution in [1.29, 1.82) is 0 Å². The zero-order valence-electron chi connectivity index (χ0n) is 19.3. The van der Waals surface area contributed by atoms with Crippen molar-refractivity contribution in [2.45, 2.75) is 53.4 Å². The number of hydrogen-bond acceptors (Lipinski definition) is 4. The molecule has 7 heteroatoms. The molecule has 0 aromatic heterocycles. The summed E-state index contributed by atoms with van der Waals surface area (Å²) in [5, 5.41) is 8.72. The predicted octanol–water partition coefficient (Wildman–Crippen LogP) is 5.76. The summed E-state index contributed by atoms with van der Waals surface area (Å²) in [6.45, 7) is 8.28. The smallest absolute Gasteiger partial charge is 0.261 e. The molecule has 0 saturated heterocycles. The molecule has 172 valence electrons. The van der Waals surface area contributed by atoms with E-state index in [1.54, 1.807) is 42.5 Å². The van der Waals surface area contributed by atoms with Crippen LogP contribution in [0.4, 0.5) is 11.4 Å². The molecule has 0 fully saturated rings. The van der Waals surface area contributed by atoms with Crippen LogP contribution in [-0.4, -0.2) is 23.5 Å². The molecule has 0 aliphatic rings. The fraction of sp³-hybridized carbons (Fsp3) is 0.400. The quantitative estimate of drug-likeness (QED) is 0.331. The van der Waals surface area contributed by atoms with E-state index in [0.29, 0.717) is 29.3 Å². The van der Waals surface area contributed by atoms with Crippen molar-refractivity contribution >= 4 is 40.5 Å². The normalized spacial score (nSPS) is 10.9. The number of ether oxygens (including phenoxy) is 1. The van der Waals surface area contributed by atoms with E-state index in [9.17, 15) is 9.59 Å². The Labute approximate surface area is 196 Å². The minimum absolute atomic E-state index is 0.0863. The van der Waals surface area contributed by atoms with Crippen LogP contribution >= 0.6 is 12.2 Å². The Kier molecular flexibility index (Phi) is 9.65. The minimum Gasteiger partial charge on any atom is -0.493 e. The molecule has 0 spiro atoms. The van der Waals surface area contributed by atoms with E-state index in [1.807, 2.05) is 26.8 Å². The summed E-state index contributed by atoms with van der Waals surface area (Å²) >= 11 is 5.31. The van der Waals surface area contributed by atoms with Gasteiger partial charge in [0.1, 0.15) is 5.75 Å². The number of carbonyl (C=O) groups excluding carboxylic acids is 2. The van der Waals surface area contributed by atoms with Crippen LogP contribution in [-0.2, 0) is 4.79 Å². The summed E-state index contributed by atoms with van der Waals surface area (Å²) < 4.78 is 5.82. The van der Waals surface area contributed by atoms with Crippen LogP contribution in [0, 0.1) is 5.41 Å². The van der Waals surface area contributed by atoms with Crippen molar-refractivity contribution in [2.75, 3.05) is 17.2 Å². The van der Waals surface area contributed by atoms with Crippen molar-refractivity contribution in [3.05, 3.63) is 54.1 Å². The zero-order chi connectivity index (χ0) is 23.6. The number of hydrogen-bond donors (Lipinski definition) is 3. The van der Waals surface area contributed by atoms with Crippen molar-refractivity contribution in [3.8, 4) is 5.75 Å². The fourth-order valence-electron chi connectivity index (χ4n) is 2.82. The van der Waals surface area contributed by atoms with E-state index in [-0.39, 0.29) is 16.9 Å². The van der Waals surface area contributed by atoms with Gasteiger partial charge in [0.15, 0.2) is 5.11 Å². The number of anilines is 2. The molecule has 0 radical (unpaired) electrons. The Morgan fingerprint density at radius 3 is 2.31 bits per heavy atom. The second kappa shape index (κ2) is 12.2. The van der Waals surface area contributed by atoms with Crippen molar-refractivity contribution < 1.29 is 14.3 Å². The highest BCUT2D eigenvalue weighted by molar-refractivity contribution is 7.80. The van der Waals surface area contributed by atoms with Gasteiger partial charge in [-0.3, -0.25) is 14.9 Å². The number of unbranched alkanes of at least 4 members (excludes halogenated alkanes) is 3. The summed E-state index contributed by atoms with van der Waals surface area (Å²) in [7, 11) is 0. The summed E-state index contributed by atoms with van der Waals surface area (Å²) in [5.74, 6) is 0.108.